The molecule has 0 atom stereocenters. The largest absolute Gasteiger partial charge is 0.324 e. The van der Waals surface area contributed by atoms with Crippen LogP contribution < -0.4 is 5.32 Å². The number of nitrogens with one attached hydrogen (secondary N) is 1. The maximum absolute atomic E-state index is 11.3. The van der Waals surface area contributed by atoms with Crippen molar-refractivity contribution in [3.63, 3.8) is 0 Å². The number of hydrogen-bond acceptors (Lipinski definition) is 2. The van der Waals surface area contributed by atoms with Gasteiger partial charge in [0.2, 0.25) is 5.91 Å². The summed E-state index contributed by atoms with van der Waals surface area (Å²) in [6.45, 7) is 1.34. The van der Waals surface area contributed by atoms with E-state index in [1.54, 1.807) is 12.1 Å². The number of anilines is 1. The minimum absolute atomic E-state index is 0.177. The van der Waals surface area contributed by atoms with Gasteiger partial charge >= 0.3 is 0 Å². The number of carbonyl (C=O) groups is 2. The lowest BCUT2D eigenvalue weighted by molar-refractivity contribution is -0.124. The number of benzene rings is 1. The molecule has 0 bridgehead atoms. The first kappa shape index (κ1) is 13.5. The van der Waals surface area contributed by atoms with Crippen LogP contribution in [0.4, 0.5) is 5.69 Å². The Hall–Kier alpha value is -0.580. The van der Waals surface area contributed by atoms with E-state index in [4.69, 9.17) is 23.2 Å². The van der Waals surface area contributed by atoms with Crippen LogP contribution in [0.5, 0.6) is 0 Å². The highest BCUT2D eigenvalue weighted by atomic mass is 79.9. The van der Waals surface area contributed by atoms with Crippen molar-refractivity contribution in [1.82, 2.24) is 0 Å². The van der Waals surface area contributed by atoms with Crippen molar-refractivity contribution >= 4 is 56.5 Å². The second-order valence-corrected chi connectivity index (χ2v) is 4.76. The van der Waals surface area contributed by atoms with Gasteiger partial charge in [-0.1, -0.05) is 23.2 Å². The molecule has 1 amide bonds. The smallest absolute Gasteiger partial charge is 0.231 e. The number of Topliss-reactive ketones (excluding diaryl/α,β-unsaturated/α-hetero) is 1. The van der Waals surface area contributed by atoms with E-state index in [0.29, 0.717) is 15.2 Å². The van der Waals surface area contributed by atoms with Gasteiger partial charge in [0.25, 0.3) is 0 Å². The predicted molar refractivity (Wildman–Crippen MR) is 68.1 cm³/mol. The van der Waals surface area contributed by atoms with Crippen LogP contribution in [-0.4, -0.2) is 11.7 Å². The van der Waals surface area contributed by atoms with Crippen LogP contribution >= 0.6 is 39.1 Å². The molecule has 0 aliphatic heterocycles. The predicted octanol–water partition coefficient (Wildman–Crippen LogP) is 3.67. The van der Waals surface area contributed by atoms with Crippen LogP contribution in [0.15, 0.2) is 16.6 Å². The molecule has 6 heteroatoms. The van der Waals surface area contributed by atoms with E-state index in [9.17, 15) is 9.59 Å². The van der Waals surface area contributed by atoms with Gasteiger partial charge in [0.1, 0.15) is 5.78 Å². The quantitative estimate of drug-likeness (QED) is 0.681. The van der Waals surface area contributed by atoms with Gasteiger partial charge in [0.05, 0.1) is 22.2 Å². The third kappa shape index (κ3) is 3.47. The molecule has 0 radical (unpaired) electrons. The van der Waals surface area contributed by atoms with Crippen molar-refractivity contribution in [2.24, 2.45) is 0 Å². The standard InChI is InChI=1S/C10H8BrCl2NO2/c1-5(15)4-8(16)14-7-3-2-6(11)9(12)10(7)13/h2-3H,4H2,1H3,(H,14,16). The van der Waals surface area contributed by atoms with E-state index in [1.807, 2.05) is 0 Å². The van der Waals surface area contributed by atoms with E-state index in [-0.39, 0.29) is 17.2 Å². The summed E-state index contributed by atoms with van der Waals surface area (Å²) in [6.07, 6.45) is -0.177. The summed E-state index contributed by atoms with van der Waals surface area (Å²) < 4.78 is 0.642. The fourth-order valence-electron chi connectivity index (χ4n) is 1.04. The molecule has 0 saturated carbocycles. The second-order valence-electron chi connectivity index (χ2n) is 3.15. The van der Waals surface area contributed by atoms with E-state index < -0.39 is 5.91 Å². The molecule has 0 unspecified atom stereocenters. The van der Waals surface area contributed by atoms with Crippen LogP contribution in [0.3, 0.4) is 0 Å². The van der Waals surface area contributed by atoms with Crippen molar-refractivity contribution in [2.75, 3.05) is 5.32 Å². The van der Waals surface area contributed by atoms with Crippen LogP contribution in [0, 0.1) is 0 Å². The Morgan fingerprint density at radius 2 is 1.94 bits per heavy atom. The Kier molecular flexibility index (Phi) is 4.77. The molecule has 0 spiro atoms. The lowest BCUT2D eigenvalue weighted by Crippen LogP contribution is -2.15. The molecule has 86 valence electrons. The number of ketones is 1. The maximum atomic E-state index is 11.3. The molecule has 16 heavy (non-hydrogen) atoms. The minimum atomic E-state index is -0.409. The Balaban J connectivity index is 2.86. The third-order valence-electron chi connectivity index (χ3n) is 1.72. The van der Waals surface area contributed by atoms with E-state index >= 15 is 0 Å². The number of hydrogen-bond donors (Lipinski definition) is 1. The fourth-order valence-corrected chi connectivity index (χ4v) is 1.86. The highest BCUT2D eigenvalue weighted by Crippen LogP contribution is 2.35. The molecule has 0 aromatic heterocycles. The Morgan fingerprint density at radius 1 is 1.31 bits per heavy atom. The number of halogens is 3. The summed E-state index contributed by atoms with van der Waals surface area (Å²) in [5, 5.41) is 3.08. The molecule has 1 N–H and O–H groups in total. The summed E-state index contributed by atoms with van der Waals surface area (Å²) in [6, 6.07) is 3.27. The normalized spacial score (nSPS) is 10.0. The van der Waals surface area contributed by atoms with Gasteiger partial charge in [-0.05, 0) is 35.0 Å². The van der Waals surface area contributed by atoms with Gasteiger partial charge in [-0.3, -0.25) is 9.59 Å². The van der Waals surface area contributed by atoms with Crippen LogP contribution in [0.2, 0.25) is 10.0 Å². The lowest BCUT2D eigenvalue weighted by atomic mass is 10.2. The summed E-state index contributed by atoms with van der Waals surface area (Å²) in [5.74, 6) is -0.621. The van der Waals surface area contributed by atoms with Gasteiger partial charge in [-0.15, -0.1) is 0 Å². The Labute approximate surface area is 111 Å². The van der Waals surface area contributed by atoms with Crippen molar-refractivity contribution in [3.05, 3.63) is 26.7 Å². The minimum Gasteiger partial charge on any atom is -0.324 e. The SMILES string of the molecule is CC(=O)CC(=O)Nc1ccc(Br)c(Cl)c1Cl. The van der Waals surface area contributed by atoms with Crippen molar-refractivity contribution in [2.45, 2.75) is 13.3 Å². The summed E-state index contributed by atoms with van der Waals surface area (Å²) in [4.78, 5) is 22.0. The van der Waals surface area contributed by atoms with Crippen LogP contribution in [0.25, 0.3) is 0 Å². The summed E-state index contributed by atoms with van der Waals surface area (Å²) in [7, 11) is 0. The molecule has 0 aliphatic rings. The van der Waals surface area contributed by atoms with Crippen molar-refractivity contribution in [3.8, 4) is 0 Å². The molecule has 1 aromatic carbocycles. The van der Waals surface area contributed by atoms with E-state index in [1.165, 1.54) is 6.92 Å². The Morgan fingerprint density at radius 3 is 2.50 bits per heavy atom. The van der Waals surface area contributed by atoms with Crippen LogP contribution in [-0.2, 0) is 9.59 Å². The average Bonchev–Trinajstić information content (AvgIpc) is 2.18. The van der Waals surface area contributed by atoms with Crippen molar-refractivity contribution < 1.29 is 9.59 Å². The van der Waals surface area contributed by atoms with Crippen molar-refractivity contribution in [1.29, 1.82) is 0 Å². The second kappa shape index (κ2) is 5.66. The van der Waals surface area contributed by atoms with Gasteiger partial charge in [0, 0.05) is 4.47 Å². The molecule has 1 rings (SSSR count). The van der Waals surface area contributed by atoms with E-state index in [0.717, 1.165) is 0 Å². The molecule has 0 saturated heterocycles. The lowest BCUT2D eigenvalue weighted by Gasteiger charge is -2.08. The first-order chi connectivity index (χ1) is 7.41. The number of amides is 1. The summed E-state index contributed by atoms with van der Waals surface area (Å²) >= 11 is 15.0. The third-order valence-corrected chi connectivity index (χ3v) is 3.49. The average molecular weight is 325 g/mol. The van der Waals surface area contributed by atoms with Gasteiger partial charge in [-0.25, -0.2) is 0 Å². The summed E-state index contributed by atoms with van der Waals surface area (Å²) in [5.41, 5.74) is 0.390. The van der Waals surface area contributed by atoms with Gasteiger partial charge < -0.3 is 5.32 Å². The molecular formula is C10H8BrCl2NO2. The molecular weight excluding hydrogens is 317 g/mol. The molecule has 0 heterocycles. The highest BCUT2D eigenvalue weighted by Gasteiger charge is 2.11. The first-order valence-corrected chi connectivity index (χ1v) is 5.89. The van der Waals surface area contributed by atoms with Crippen LogP contribution in [0.1, 0.15) is 13.3 Å². The molecule has 3 nitrogen and oxygen atoms in total. The zero-order valence-corrected chi connectivity index (χ0v) is 11.4. The zero-order chi connectivity index (χ0) is 12.3. The maximum Gasteiger partial charge on any atom is 0.231 e. The van der Waals surface area contributed by atoms with Gasteiger partial charge in [-0.2, -0.15) is 0 Å². The molecule has 1 aromatic rings. The monoisotopic (exact) mass is 323 g/mol. The number of rotatable bonds is 3. The topological polar surface area (TPSA) is 46.2 Å². The fraction of sp³-hybridized carbons (Fsp3) is 0.200. The van der Waals surface area contributed by atoms with E-state index in [2.05, 4.69) is 21.2 Å². The van der Waals surface area contributed by atoms with Gasteiger partial charge in [0.15, 0.2) is 0 Å². The zero-order valence-electron chi connectivity index (χ0n) is 8.31. The highest BCUT2D eigenvalue weighted by molar-refractivity contribution is 9.10. The first-order valence-electron chi connectivity index (χ1n) is 4.34. The number of carbonyl (C=O) groups excluding carboxylic acids is 2. The molecule has 0 aliphatic carbocycles. The Bertz CT molecular complexity index is 449. The molecule has 0 fully saturated rings.